The molecule has 0 bridgehead atoms. The molecule has 0 aliphatic rings. The maximum Gasteiger partial charge on any atom is 0.284 e. The number of hydrogen-bond acceptors (Lipinski definition) is 3. The van der Waals surface area contributed by atoms with Crippen LogP contribution < -0.4 is 10.5 Å². The summed E-state index contributed by atoms with van der Waals surface area (Å²) in [5.41, 5.74) is 6.81. The van der Waals surface area contributed by atoms with E-state index < -0.39 is 11.7 Å². The minimum absolute atomic E-state index is 0.0544. The van der Waals surface area contributed by atoms with Crippen molar-refractivity contribution in [1.82, 2.24) is 9.97 Å². The second-order valence-electron chi connectivity index (χ2n) is 3.77. The SMILES string of the molecule is COc1ccc(-c2nc(C(N)=O)[nH]c2C)cc1F. The van der Waals surface area contributed by atoms with Crippen LogP contribution in [0.1, 0.15) is 16.3 Å². The van der Waals surface area contributed by atoms with Gasteiger partial charge in [-0.3, -0.25) is 4.79 Å². The molecule has 1 amide bonds. The Bertz CT molecular complexity index is 607. The molecule has 0 fully saturated rings. The first-order valence-corrected chi connectivity index (χ1v) is 5.23. The Balaban J connectivity index is 2.48. The van der Waals surface area contributed by atoms with Crippen LogP contribution in [-0.2, 0) is 0 Å². The van der Waals surface area contributed by atoms with Crippen LogP contribution in [0, 0.1) is 12.7 Å². The molecule has 0 saturated carbocycles. The zero-order valence-electron chi connectivity index (χ0n) is 9.95. The molecule has 18 heavy (non-hydrogen) atoms. The number of rotatable bonds is 3. The Morgan fingerprint density at radius 2 is 2.22 bits per heavy atom. The van der Waals surface area contributed by atoms with Crippen molar-refractivity contribution in [3.05, 3.63) is 35.5 Å². The van der Waals surface area contributed by atoms with E-state index in [4.69, 9.17) is 10.5 Å². The molecule has 0 aliphatic carbocycles. The van der Waals surface area contributed by atoms with Gasteiger partial charge in [0, 0.05) is 11.3 Å². The number of H-pyrrole nitrogens is 1. The Kier molecular flexibility index (Phi) is 3.01. The van der Waals surface area contributed by atoms with E-state index in [1.807, 2.05) is 0 Å². The average Bonchev–Trinajstić information content (AvgIpc) is 2.71. The van der Waals surface area contributed by atoms with E-state index in [9.17, 15) is 9.18 Å². The lowest BCUT2D eigenvalue weighted by molar-refractivity contribution is 0.0991. The molecule has 0 radical (unpaired) electrons. The van der Waals surface area contributed by atoms with Crippen LogP contribution in [0.3, 0.4) is 0 Å². The number of hydrogen-bond donors (Lipinski definition) is 2. The number of carbonyl (C=O) groups is 1. The third-order valence-corrected chi connectivity index (χ3v) is 2.54. The zero-order chi connectivity index (χ0) is 13.3. The van der Waals surface area contributed by atoms with Gasteiger partial charge in [0.25, 0.3) is 5.91 Å². The number of nitrogens with one attached hydrogen (secondary N) is 1. The lowest BCUT2D eigenvalue weighted by Gasteiger charge is -2.03. The molecule has 0 unspecified atom stereocenters. The smallest absolute Gasteiger partial charge is 0.284 e. The molecule has 94 valence electrons. The molecule has 0 atom stereocenters. The van der Waals surface area contributed by atoms with E-state index in [0.29, 0.717) is 17.0 Å². The standard InChI is InChI=1S/C12H12FN3O2/c1-6-10(16-12(15-6)11(14)17)7-3-4-9(18-2)8(13)5-7/h3-5H,1-2H3,(H2,14,17)(H,15,16). The highest BCUT2D eigenvalue weighted by Crippen LogP contribution is 2.26. The molecule has 2 rings (SSSR count). The molecule has 6 heteroatoms. The molecule has 0 aliphatic heterocycles. The number of ether oxygens (including phenoxy) is 1. The number of primary amides is 1. The summed E-state index contributed by atoms with van der Waals surface area (Å²) in [6.07, 6.45) is 0. The van der Waals surface area contributed by atoms with E-state index in [1.165, 1.54) is 19.2 Å². The summed E-state index contributed by atoms with van der Waals surface area (Å²) in [6, 6.07) is 4.46. The van der Waals surface area contributed by atoms with Crippen molar-refractivity contribution in [1.29, 1.82) is 0 Å². The summed E-state index contributed by atoms with van der Waals surface area (Å²) in [6.45, 7) is 1.73. The van der Waals surface area contributed by atoms with Crippen LogP contribution in [0.5, 0.6) is 5.75 Å². The fourth-order valence-electron chi connectivity index (χ4n) is 1.67. The number of carbonyl (C=O) groups excluding carboxylic acids is 1. The van der Waals surface area contributed by atoms with E-state index in [-0.39, 0.29) is 11.6 Å². The second kappa shape index (κ2) is 4.48. The van der Waals surface area contributed by atoms with Gasteiger partial charge in [-0.25, -0.2) is 9.37 Å². The highest BCUT2D eigenvalue weighted by Gasteiger charge is 2.14. The molecular formula is C12H12FN3O2. The van der Waals surface area contributed by atoms with Gasteiger partial charge in [0.2, 0.25) is 0 Å². The fraction of sp³-hybridized carbons (Fsp3) is 0.167. The fourth-order valence-corrected chi connectivity index (χ4v) is 1.67. The highest BCUT2D eigenvalue weighted by atomic mass is 19.1. The predicted octanol–water partition coefficient (Wildman–Crippen LogP) is 1.63. The molecule has 0 spiro atoms. The van der Waals surface area contributed by atoms with Crippen molar-refractivity contribution in [3.8, 4) is 17.0 Å². The van der Waals surface area contributed by atoms with Gasteiger partial charge >= 0.3 is 0 Å². The Hall–Kier alpha value is -2.37. The number of aromatic nitrogens is 2. The normalized spacial score (nSPS) is 10.4. The van der Waals surface area contributed by atoms with Gasteiger partial charge in [0.1, 0.15) is 0 Å². The third kappa shape index (κ3) is 2.04. The number of aryl methyl sites for hydroxylation is 1. The maximum atomic E-state index is 13.6. The van der Waals surface area contributed by atoms with Crippen molar-refractivity contribution in [2.24, 2.45) is 5.73 Å². The van der Waals surface area contributed by atoms with Crippen molar-refractivity contribution < 1.29 is 13.9 Å². The number of amides is 1. The zero-order valence-corrected chi connectivity index (χ0v) is 9.95. The van der Waals surface area contributed by atoms with Gasteiger partial charge in [-0.2, -0.15) is 0 Å². The first-order chi connectivity index (χ1) is 8.52. The van der Waals surface area contributed by atoms with Gasteiger partial charge < -0.3 is 15.5 Å². The van der Waals surface area contributed by atoms with Crippen LogP contribution >= 0.6 is 0 Å². The summed E-state index contributed by atoms with van der Waals surface area (Å²) in [7, 11) is 1.39. The van der Waals surface area contributed by atoms with E-state index in [1.54, 1.807) is 13.0 Å². The van der Waals surface area contributed by atoms with Gasteiger partial charge in [-0.1, -0.05) is 0 Å². The summed E-state index contributed by atoms with van der Waals surface area (Å²) < 4.78 is 18.4. The van der Waals surface area contributed by atoms with E-state index >= 15 is 0 Å². The summed E-state index contributed by atoms with van der Waals surface area (Å²) in [4.78, 5) is 17.8. The van der Waals surface area contributed by atoms with Crippen LogP contribution in [0.15, 0.2) is 18.2 Å². The molecule has 2 aromatic rings. The van der Waals surface area contributed by atoms with E-state index in [0.717, 1.165) is 0 Å². The monoisotopic (exact) mass is 249 g/mol. The van der Waals surface area contributed by atoms with Crippen molar-refractivity contribution >= 4 is 5.91 Å². The topological polar surface area (TPSA) is 81.0 Å². The highest BCUT2D eigenvalue weighted by molar-refractivity contribution is 5.90. The maximum absolute atomic E-state index is 13.6. The van der Waals surface area contributed by atoms with Gasteiger partial charge in [0.15, 0.2) is 17.4 Å². The van der Waals surface area contributed by atoms with Crippen LogP contribution in [-0.4, -0.2) is 23.0 Å². The van der Waals surface area contributed by atoms with Gasteiger partial charge in [-0.15, -0.1) is 0 Å². The molecule has 1 heterocycles. The van der Waals surface area contributed by atoms with Crippen molar-refractivity contribution in [2.45, 2.75) is 6.92 Å². The van der Waals surface area contributed by atoms with Crippen LogP contribution in [0.2, 0.25) is 0 Å². The molecule has 1 aromatic carbocycles. The van der Waals surface area contributed by atoms with Gasteiger partial charge in [0.05, 0.1) is 12.8 Å². The largest absolute Gasteiger partial charge is 0.494 e. The van der Waals surface area contributed by atoms with Crippen molar-refractivity contribution in [2.75, 3.05) is 7.11 Å². The van der Waals surface area contributed by atoms with E-state index in [2.05, 4.69) is 9.97 Å². The minimum Gasteiger partial charge on any atom is -0.494 e. The minimum atomic E-state index is -0.654. The second-order valence-corrected chi connectivity index (χ2v) is 3.77. The first-order valence-electron chi connectivity index (χ1n) is 5.23. The number of aromatic amines is 1. The summed E-state index contributed by atoms with van der Waals surface area (Å²) in [5.74, 6) is -0.933. The summed E-state index contributed by atoms with van der Waals surface area (Å²) in [5, 5.41) is 0. The Morgan fingerprint density at radius 1 is 1.50 bits per heavy atom. The molecule has 3 N–H and O–H groups in total. The average molecular weight is 249 g/mol. The Morgan fingerprint density at radius 3 is 2.72 bits per heavy atom. The van der Waals surface area contributed by atoms with Crippen molar-refractivity contribution in [3.63, 3.8) is 0 Å². The molecular weight excluding hydrogens is 237 g/mol. The number of benzene rings is 1. The number of halogens is 1. The summed E-state index contributed by atoms with van der Waals surface area (Å²) >= 11 is 0. The molecule has 1 aromatic heterocycles. The first kappa shape index (κ1) is 12.1. The number of methoxy groups -OCH3 is 1. The third-order valence-electron chi connectivity index (χ3n) is 2.54. The molecule has 0 saturated heterocycles. The predicted molar refractivity (Wildman–Crippen MR) is 63.8 cm³/mol. The lowest BCUT2D eigenvalue weighted by atomic mass is 10.1. The van der Waals surface area contributed by atoms with Crippen LogP contribution in [0.4, 0.5) is 4.39 Å². The number of nitrogens with zero attached hydrogens (tertiary/aromatic N) is 1. The lowest BCUT2D eigenvalue weighted by Crippen LogP contribution is -2.12. The molecule has 5 nitrogen and oxygen atoms in total. The number of nitrogens with two attached hydrogens (primary N) is 1. The van der Waals surface area contributed by atoms with Gasteiger partial charge in [-0.05, 0) is 25.1 Å². The quantitative estimate of drug-likeness (QED) is 0.867. The number of imidazole rings is 1. The van der Waals surface area contributed by atoms with Crippen LogP contribution in [0.25, 0.3) is 11.3 Å². The Labute approximate surface area is 103 Å².